The molecule has 0 saturated carbocycles. The normalized spacial score (nSPS) is 18.3. The highest BCUT2D eigenvalue weighted by atomic mass is 32.2. The Balaban J connectivity index is 1.26. The van der Waals surface area contributed by atoms with E-state index in [-0.39, 0.29) is 10.9 Å². The molecular formula is C30H32F3N3O3S. The zero-order valence-corrected chi connectivity index (χ0v) is 22.8. The third-order valence-corrected chi connectivity index (χ3v) is 9.36. The van der Waals surface area contributed by atoms with Gasteiger partial charge < -0.3 is 10.2 Å². The molecule has 10 heteroatoms. The summed E-state index contributed by atoms with van der Waals surface area (Å²) >= 11 is 0. The molecule has 1 aliphatic heterocycles. The van der Waals surface area contributed by atoms with Crippen molar-refractivity contribution in [3.05, 3.63) is 90.0 Å². The number of hydrogen-bond donors (Lipinski definition) is 2. The number of carbonyl (C=O) groups excluding carboxylic acids is 1. The van der Waals surface area contributed by atoms with Gasteiger partial charge in [0.25, 0.3) is 0 Å². The second kappa shape index (κ2) is 11.3. The number of carbonyl (C=O) groups is 1. The highest BCUT2D eigenvalue weighted by Crippen LogP contribution is 2.51. The molecule has 6 nitrogen and oxygen atoms in total. The number of benzene rings is 3. The Bertz CT molecular complexity index is 1420. The number of amides is 1. The molecule has 0 spiro atoms. The molecule has 3 aromatic carbocycles. The topological polar surface area (TPSA) is 78.5 Å². The van der Waals surface area contributed by atoms with Crippen LogP contribution in [0.1, 0.15) is 36.8 Å². The summed E-state index contributed by atoms with van der Waals surface area (Å²) in [7, 11) is -3.60. The van der Waals surface area contributed by atoms with Crippen molar-refractivity contribution in [1.82, 2.24) is 14.9 Å². The lowest BCUT2D eigenvalue weighted by atomic mass is 9.73. The summed E-state index contributed by atoms with van der Waals surface area (Å²) in [6, 6.07) is 22.9. The molecule has 1 amide bonds. The van der Waals surface area contributed by atoms with Crippen LogP contribution in [0, 0.1) is 0 Å². The Kier molecular flexibility index (Phi) is 8.03. The fraction of sp³-hybridized carbons (Fsp3) is 0.367. The second-order valence-corrected chi connectivity index (χ2v) is 12.2. The Morgan fingerprint density at radius 2 is 1.50 bits per heavy atom. The quantitative estimate of drug-likeness (QED) is 0.341. The van der Waals surface area contributed by atoms with E-state index in [0.717, 1.165) is 35.2 Å². The molecule has 212 valence electrons. The Morgan fingerprint density at radius 3 is 2.12 bits per heavy atom. The molecule has 0 radical (unpaired) electrons. The maximum Gasteiger partial charge on any atom is 0.405 e. The minimum Gasteiger partial charge on any atom is -0.346 e. The summed E-state index contributed by atoms with van der Waals surface area (Å²) in [5, 5.41) is 2.17. The summed E-state index contributed by atoms with van der Waals surface area (Å²) < 4.78 is 67.4. The molecule has 1 fully saturated rings. The first kappa shape index (κ1) is 28.3. The summed E-state index contributed by atoms with van der Waals surface area (Å²) in [6.45, 7) is 0.638. The summed E-state index contributed by atoms with van der Waals surface area (Å²) in [5.41, 5.74) is 1.98. The predicted octanol–water partition coefficient (Wildman–Crippen LogP) is 4.85. The van der Waals surface area contributed by atoms with Gasteiger partial charge in [0.05, 0.1) is 4.90 Å². The van der Waals surface area contributed by atoms with Crippen LogP contribution in [0.4, 0.5) is 13.2 Å². The first-order valence-electron chi connectivity index (χ1n) is 13.4. The number of unbranched alkanes of at least 4 members (excludes halogenated alkanes) is 1. The monoisotopic (exact) mass is 571 g/mol. The molecule has 1 atom stereocenters. The number of likely N-dealkylation sites (tertiary alicyclic amines) is 1. The lowest BCUT2D eigenvalue weighted by molar-refractivity contribution is -0.141. The van der Waals surface area contributed by atoms with Crippen molar-refractivity contribution < 1.29 is 26.4 Å². The Labute approximate surface area is 232 Å². The van der Waals surface area contributed by atoms with E-state index in [9.17, 15) is 26.4 Å². The zero-order valence-electron chi connectivity index (χ0n) is 22.0. The second-order valence-electron chi connectivity index (χ2n) is 10.5. The predicted molar refractivity (Wildman–Crippen MR) is 147 cm³/mol. The summed E-state index contributed by atoms with van der Waals surface area (Å²) in [6.07, 6.45) is -2.13. The fourth-order valence-electron chi connectivity index (χ4n) is 6.03. The van der Waals surface area contributed by atoms with Gasteiger partial charge in [0.15, 0.2) is 0 Å². The van der Waals surface area contributed by atoms with E-state index in [4.69, 9.17) is 0 Å². The number of hydrogen-bond acceptors (Lipinski definition) is 4. The van der Waals surface area contributed by atoms with Gasteiger partial charge in [0.2, 0.25) is 15.9 Å². The maximum absolute atomic E-state index is 13.6. The third-order valence-electron chi connectivity index (χ3n) is 7.82. The summed E-state index contributed by atoms with van der Waals surface area (Å²) in [5.74, 6) is -0.640. The summed E-state index contributed by atoms with van der Waals surface area (Å²) in [4.78, 5) is 16.0. The van der Waals surface area contributed by atoms with Gasteiger partial charge in [-0.05, 0) is 66.7 Å². The van der Waals surface area contributed by atoms with E-state index < -0.39 is 34.1 Å². The fourth-order valence-corrected chi connectivity index (χ4v) is 7.31. The SMILES string of the molecule is O=C(NCC(F)(F)F)C1(CCCCN2CCC(NS(=O)(=O)c3ccccc3)C2)c2ccccc2-c2ccccc21. The lowest BCUT2D eigenvalue weighted by Gasteiger charge is -2.31. The number of sulfonamides is 1. The molecular weight excluding hydrogens is 539 g/mol. The highest BCUT2D eigenvalue weighted by molar-refractivity contribution is 7.89. The standard InChI is InChI=1S/C30H32F3N3O3S/c31-30(32,33)21-34-28(37)29(26-14-6-4-12-24(26)25-13-5-7-15-27(25)29)17-8-9-18-36-19-16-22(20-36)35-40(38,39)23-10-2-1-3-11-23/h1-7,10-15,22,35H,8-9,16-21H2,(H,34,37). The van der Waals surface area contributed by atoms with Gasteiger partial charge in [-0.15, -0.1) is 0 Å². The van der Waals surface area contributed by atoms with Crippen LogP contribution in [0.3, 0.4) is 0 Å². The van der Waals surface area contributed by atoms with Gasteiger partial charge in [-0.3, -0.25) is 4.79 Å². The molecule has 40 heavy (non-hydrogen) atoms. The van der Waals surface area contributed by atoms with Crippen LogP contribution in [-0.2, 0) is 20.2 Å². The molecule has 2 aliphatic rings. The van der Waals surface area contributed by atoms with E-state index in [1.807, 2.05) is 48.5 Å². The van der Waals surface area contributed by atoms with Crippen molar-refractivity contribution in [3.8, 4) is 11.1 Å². The third kappa shape index (κ3) is 5.80. The van der Waals surface area contributed by atoms with E-state index in [2.05, 4.69) is 14.9 Å². The zero-order chi connectivity index (χ0) is 28.4. The van der Waals surface area contributed by atoms with Crippen molar-refractivity contribution in [2.24, 2.45) is 0 Å². The minimum atomic E-state index is -4.51. The molecule has 2 N–H and O–H groups in total. The average Bonchev–Trinajstić information content (AvgIpc) is 3.50. The number of alkyl halides is 3. The van der Waals surface area contributed by atoms with Crippen molar-refractivity contribution >= 4 is 15.9 Å². The van der Waals surface area contributed by atoms with E-state index in [1.165, 1.54) is 0 Å². The average molecular weight is 572 g/mol. The molecule has 1 aliphatic carbocycles. The number of halogens is 3. The molecule has 5 rings (SSSR count). The van der Waals surface area contributed by atoms with Gasteiger partial charge in [0, 0.05) is 12.6 Å². The molecule has 0 aromatic heterocycles. The number of nitrogens with zero attached hydrogens (tertiary/aromatic N) is 1. The number of rotatable bonds is 10. The Hall–Kier alpha value is -3.21. The van der Waals surface area contributed by atoms with Crippen LogP contribution < -0.4 is 10.0 Å². The molecule has 1 saturated heterocycles. The van der Waals surface area contributed by atoms with Gasteiger partial charge in [0.1, 0.15) is 12.0 Å². The molecule has 0 bridgehead atoms. The van der Waals surface area contributed by atoms with Gasteiger partial charge in [-0.2, -0.15) is 13.2 Å². The van der Waals surface area contributed by atoms with E-state index in [1.54, 1.807) is 30.3 Å². The first-order chi connectivity index (χ1) is 19.1. The molecule has 1 heterocycles. The van der Waals surface area contributed by atoms with E-state index >= 15 is 0 Å². The van der Waals surface area contributed by atoms with Crippen LogP contribution in [0.2, 0.25) is 0 Å². The first-order valence-corrected chi connectivity index (χ1v) is 14.9. The van der Waals surface area contributed by atoms with Gasteiger partial charge in [-0.25, -0.2) is 13.1 Å². The smallest absolute Gasteiger partial charge is 0.346 e. The van der Waals surface area contributed by atoms with Crippen LogP contribution in [0.15, 0.2) is 83.8 Å². The van der Waals surface area contributed by atoms with Gasteiger partial charge in [-0.1, -0.05) is 73.2 Å². The highest BCUT2D eigenvalue weighted by Gasteiger charge is 2.49. The van der Waals surface area contributed by atoms with Crippen LogP contribution >= 0.6 is 0 Å². The van der Waals surface area contributed by atoms with Crippen molar-refractivity contribution in [2.45, 2.75) is 48.2 Å². The van der Waals surface area contributed by atoms with Crippen LogP contribution in [0.25, 0.3) is 11.1 Å². The lowest BCUT2D eigenvalue weighted by Crippen LogP contribution is -2.47. The Morgan fingerprint density at radius 1 is 0.900 bits per heavy atom. The maximum atomic E-state index is 13.6. The van der Waals surface area contributed by atoms with Crippen LogP contribution in [0.5, 0.6) is 0 Å². The number of nitrogens with one attached hydrogen (secondary N) is 2. The molecule has 3 aromatic rings. The van der Waals surface area contributed by atoms with Crippen LogP contribution in [-0.4, -0.2) is 57.6 Å². The van der Waals surface area contributed by atoms with Gasteiger partial charge >= 0.3 is 6.18 Å². The van der Waals surface area contributed by atoms with Crippen molar-refractivity contribution in [2.75, 3.05) is 26.2 Å². The number of fused-ring (bicyclic) bond motifs is 3. The van der Waals surface area contributed by atoms with Crippen molar-refractivity contribution in [3.63, 3.8) is 0 Å². The minimum absolute atomic E-state index is 0.196. The van der Waals surface area contributed by atoms with Crippen molar-refractivity contribution in [1.29, 1.82) is 0 Å². The molecule has 1 unspecified atom stereocenters. The largest absolute Gasteiger partial charge is 0.405 e. The van der Waals surface area contributed by atoms with E-state index in [0.29, 0.717) is 32.4 Å².